The second-order valence-corrected chi connectivity index (χ2v) is 5.30. The fourth-order valence-corrected chi connectivity index (χ4v) is 2.46. The molecule has 1 amide bonds. The van der Waals surface area contributed by atoms with Gasteiger partial charge < -0.3 is 0 Å². The summed E-state index contributed by atoms with van der Waals surface area (Å²) in [4.78, 5) is 17.9. The van der Waals surface area contributed by atoms with Crippen LogP contribution in [0.15, 0.2) is 60.7 Å². The second-order valence-electron chi connectivity index (χ2n) is 5.30. The van der Waals surface area contributed by atoms with Crippen LogP contribution in [0.4, 0.5) is 0 Å². The van der Waals surface area contributed by atoms with E-state index in [9.17, 15) is 4.79 Å². The van der Waals surface area contributed by atoms with Gasteiger partial charge in [0, 0.05) is 0 Å². The summed E-state index contributed by atoms with van der Waals surface area (Å²) in [5, 5.41) is 1.46. The number of hydrogen-bond donors (Lipinski definition) is 0. The van der Waals surface area contributed by atoms with E-state index in [-0.39, 0.29) is 5.91 Å². The zero-order valence-corrected chi connectivity index (χ0v) is 11.5. The maximum Gasteiger partial charge on any atom is 0.258 e. The number of benzene rings is 2. The summed E-state index contributed by atoms with van der Waals surface area (Å²) in [7, 11) is 0. The second kappa shape index (κ2) is 5.10. The lowest BCUT2D eigenvalue weighted by Gasteiger charge is -2.45. The van der Waals surface area contributed by atoms with Crippen LogP contribution < -0.4 is 0 Å². The first-order valence-electron chi connectivity index (χ1n) is 6.74. The molecule has 0 saturated carbocycles. The maximum atomic E-state index is 12.3. The Labute approximate surface area is 118 Å². The van der Waals surface area contributed by atoms with Crippen LogP contribution in [0, 0.1) is 0 Å². The van der Waals surface area contributed by atoms with E-state index in [0.29, 0.717) is 13.2 Å². The molecule has 0 N–H and O–H groups in total. The van der Waals surface area contributed by atoms with Crippen molar-refractivity contribution >= 4 is 5.91 Å². The van der Waals surface area contributed by atoms with Crippen LogP contribution >= 0.6 is 0 Å². The molecule has 1 heterocycles. The van der Waals surface area contributed by atoms with Crippen LogP contribution in [-0.2, 0) is 21.7 Å². The Morgan fingerprint density at radius 3 is 2.25 bits per heavy atom. The minimum absolute atomic E-state index is 0.0274. The highest BCUT2D eigenvalue weighted by molar-refractivity contribution is 5.93. The molecule has 20 heavy (non-hydrogen) atoms. The molecule has 3 rings (SSSR count). The number of β-lactam (4-membered cyclic amide) rings is 1. The standard InChI is InChI=1S/C17H17NO2/c1-17(15-10-6-3-7-11-15)13-18(16(17)19)20-12-14-8-4-2-5-9-14/h2-11H,12-13H2,1H3. The van der Waals surface area contributed by atoms with Gasteiger partial charge in [0.25, 0.3) is 5.91 Å². The van der Waals surface area contributed by atoms with Crippen LogP contribution in [0.2, 0.25) is 0 Å². The van der Waals surface area contributed by atoms with E-state index in [2.05, 4.69) is 0 Å². The predicted octanol–water partition coefficient (Wildman–Crippen LogP) is 2.92. The summed E-state index contributed by atoms with van der Waals surface area (Å²) >= 11 is 0. The van der Waals surface area contributed by atoms with Gasteiger partial charge in [0.05, 0.1) is 12.0 Å². The van der Waals surface area contributed by atoms with Crippen molar-refractivity contribution in [3.8, 4) is 0 Å². The Balaban J connectivity index is 1.62. The average Bonchev–Trinajstić information content (AvgIpc) is 2.52. The summed E-state index contributed by atoms with van der Waals surface area (Å²) in [6, 6.07) is 19.7. The number of carbonyl (C=O) groups excluding carboxylic acids is 1. The minimum Gasteiger partial charge on any atom is -0.271 e. The highest BCUT2D eigenvalue weighted by atomic mass is 16.7. The monoisotopic (exact) mass is 267 g/mol. The molecular formula is C17H17NO2. The summed E-state index contributed by atoms with van der Waals surface area (Å²) in [5.74, 6) is 0.0274. The van der Waals surface area contributed by atoms with Gasteiger partial charge in [-0.15, -0.1) is 0 Å². The van der Waals surface area contributed by atoms with Gasteiger partial charge in [-0.3, -0.25) is 9.63 Å². The molecule has 1 saturated heterocycles. The number of hydroxylamine groups is 2. The molecule has 0 aromatic heterocycles. The summed E-state index contributed by atoms with van der Waals surface area (Å²) in [6.07, 6.45) is 0. The Morgan fingerprint density at radius 2 is 1.65 bits per heavy atom. The molecule has 2 aromatic carbocycles. The Morgan fingerprint density at radius 1 is 1.05 bits per heavy atom. The van der Waals surface area contributed by atoms with E-state index in [1.165, 1.54) is 5.06 Å². The van der Waals surface area contributed by atoms with E-state index in [0.717, 1.165) is 11.1 Å². The Hall–Kier alpha value is -2.13. The van der Waals surface area contributed by atoms with Crippen molar-refractivity contribution in [3.05, 3.63) is 71.8 Å². The molecule has 2 aromatic rings. The lowest BCUT2D eigenvalue weighted by atomic mass is 9.76. The number of amides is 1. The van der Waals surface area contributed by atoms with Crippen LogP contribution in [-0.4, -0.2) is 17.5 Å². The van der Waals surface area contributed by atoms with Gasteiger partial charge in [-0.2, -0.15) is 0 Å². The number of hydrogen-bond acceptors (Lipinski definition) is 2. The van der Waals surface area contributed by atoms with Gasteiger partial charge in [-0.05, 0) is 18.1 Å². The van der Waals surface area contributed by atoms with Crippen molar-refractivity contribution < 1.29 is 9.63 Å². The van der Waals surface area contributed by atoms with E-state index < -0.39 is 5.41 Å². The van der Waals surface area contributed by atoms with E-state index in [1.54, 1.807) is 0 Å². The molecule has 0 spiro atoms. The molecule has 0 bridgehead atoms. The molecule has 0 radical (unpaired) electrons. The minimum atomic E-state index is -0.446. The first-order valence-corrected chi connectivity index (χ1v) is 6.74. The molecule has 1 aliphatic rings. The Bertz CT molecular complexity index is 597. The van der Waals surface area contributed by atoms with Crippen LogP contribution in [0.3, 0.4) is 0 Å². The quantitative estimate of drug-likeness (QED) is 0.797. The first-order chi connectivity index (χ1) is 9.70. The van der Waals surface area contributed by atoms with Gasteiger partial charge in [-0.1, -0.05) is 60.7 Å². The normalized spacial score (nSPS) is 21.6. The van der Waals surface area contributed by atoms with Crippen LogP contribution in [0.1, 0.15) is 18.1 Å². The topological polar surface area (TPSA) is 29.5 Å². The van der Waals surface area contributed by atoms with Gasteiger partial charge in [-0.25, -0.2) is 5.06 Å². The molecule has 0 aliphatic carbocycles. The van der Waals surface area contributed by atoms with Gasteiger partial charge in [0.1, 0.15) is 6.61 Å². The van der Waals surface area contributed by atoms with Crippen molar-refractivity contribution in [2.45, 2.75) is 18.9 Å². The highest BCUT2D eigenvalue weighted by Crippen LogP contribution is 2.35. The van der Waals surface area contributed by atoms with Crippen LogP contribution in [0.5, 0.6) is 0 Å². The highest BCUT2D eigenvalue weighted by Gasteiger charge is 2.50. The van der Waals surface area contributed by atoms with Crippen molar-refractivity contribution in [1.82, 2.24) is 5.06 Å². The summed E-state index contributed by atoms with van der Waals surface area (Å²) in [5.41, 5.74) is 1.66. The van der Waals surface area contributed by atoms with Gasteiger partial charge in [0.2, 0.25) is 0 Å². The molecule has 3 nitrogen and oxygen atoms in total. The molecule has 1 aliphatic heterocycles. The SMILES string of the molecule is CC1(c2ccccc2)CN(OCc2ccccc2)C1=O. The Kier molecular flexibility index (Phi) is 3.28. The van der Waals surface area contributed by atoms with Gasteiger partial charge >= 0.3 is 0 Å². The zero-order chi connectivity index (χ0) is 14.0. The molecular weight excluding hydrogens is 250 g/mol. The predicted molar refractivity (Wildman–Crippen MR) is 76.7 cm³/mol. The van der Waals surface area contributed by atoms with Crippen molar-refractivity contribution in [2.75, 3.05) is 6.54 Å². The van der Waals surface area contributed by atoms with E-state index in [4.69, 9.17) is 4.84 Å². The molecule has 1 atom stereocenters. The summed E-state index contributed by atoms with van der Waals surface area (Å²) in [6.45, 7) is 2.99. The van der Waals surface area contributed by atoms with Crippen molar-refractivity contribution in [1.29, 1.82) is 0 Å². The third kappa shape index (κ3) is 2.21. The molecule has 102 valence electrons. The fourth-order valence-electron chi connectivity index (χ4n) is 2.46. The third-order valence-corrected chi connectivity index (χ3v) is 3.80. The van der Waals surface area contributed by atoms with Crippen molar-refractivity contribution in [2.24, 2.45) is 0 Å². The third-order valence-electron chi connectivity index (χ3n) is 3.80. The van der Waals surface area contributed by atoms with Gasteiger partial charge in [0.15, 0.2) is 0 Å². The number of rotatable bonds is 4. The van der Waals surface area contributed by atoms with Crippen molar-refractivity contribution in [3.63, 3.8) is 0 Å². The number of carbonyl (C=O) groups is 1. The lowest BCUT2D eigenvalue weighted by molar-refractivity contribution is -0.229. The lowest BCUT2D eigenvalue weighted by Crippen LogP contribution is -2.62. The smallest absolute Gasteiger partial charge is 0.258 e. The molecule has 3 heteroatoms. The average molecular weight is 267 g/mol. The fraction of sp³-hybridized carbons (Fsp3) is 0.235. The zero-order valence-electron chi connectivity index (χ0n) is 11.5. The molecule has 1 unspecified atom stereocenters. The van der Waals surface area contributed by atoms with Crippen LogP contribution in [0.25, 0.3) is 0 Å². The number of nitrogens with zero attached hydrogens (tertiary/aromatic N) is 1. The largest absolute Gasteiger partial charge is 0.271 e. The van der Waals surface area contributed by atoms with E-state index >= 15 is 0 Å². The van der Waals surface area contributed by atoms with E-state index in [1.807, 2.05) is 67.6 Å². The maximum absolute atomic E-state index is 12.3. The molecule has 1 fully saturated rings. The summed E-state index contributed by atoms with van der Waals surface area (Å²) < 4.78 is 0. The first kappa shape index (κ1) is 12.9.